The Bertz CT molecular complexity index is 974. The molecule has 2 aliphatic heterocycles. The number of ether oxygens (including phenoxy) is 1. The van der Waals surface area contributed by atoms with Crippen LogP contribution in [0, 0.1) is 5.92 Å². The molecule has 0 amide bonds. The zero-order valence-electron chi connectivity index (χ0n) is 15.8. The molecule has 0 radical (unpaired) electrons. The van der Waals surface area contributed by atoms with E-state index in [-0.39, 0.29) is 11.7 Å². The number of ketones is 1. The van der Waals surface area contributed by atoms with E-state index >= 15 is 0 Å². The monoisotopic (exact) mass is 372 g/mol. The molecular formula is C24H24N2O2. The number of hydrogen-bond donors (Lipinski definition) is 0. The molecule has 0 N–H and O–H groups in total. The molecule has 2 atom stereocenters. The van der Waals surface area contributed by atoms with E-state index < -0.39 is 0 Å². The van der Waals surface area contributed by atoms with Gasteiger partial charge in [-0.1, -0.05) is 48.5 Å². The number of nitrogens with zero attached hydrogens (tertiary/aromatic N) is 2. The number of para-hydroxylation sites is 1. The number of morpholine rings is 1. The second-order valence-corrected chi connectivity index (χ2v) is 7.95. The Morgan fingerprint density at radius 1 is 1.00 bits per heavy atom. The highest BCUT2D eigenvalue weighted by Gasteiger charge is 2.41. The van der Waals surface area contributed by atoms with E-state index in [2.05, 4.69) is 40.2 Å². The first kappa shape index (κ1) is 17.5. The van der Waals surface area contributed by atoms with Gasteiger partial charge in [0.2, 0.25) is 0 Å². The number of Topliss-reactive ketones (excluding diaryl/α,β-unsaturated/α-hetero) is 1. The molecule has 4 heteroatoms. The minimum absolute atomic E-state index is 0.0499. The van der Waals surface area contributed by atoms with Crippen molar-refractivity contribution >= 4 is 16.7 Å². The molecule has 5 rings (SSSR count). The van der Waals surface area contributed by atoms with Crippen LogP contribution in [0.25, 0.3) is 10.9 Å². The van der Waals surface area contributed by atoms with Gasteiger partial charge in [0, 0.05) is 41.7 Å². The Morgan fingerprint density at radius 2 is 1.71 bits per heavy atom. The summed E-state index contributed by atoms with van der Waals surface area (Å²) in [5.74, 6) is 0.281. The van der Waals surface area contributed by atoms with Crippen LogP contribution in [-0.4, -0.2) is 41.0 Å². The largest absolute Gasteiger partial charge is 0.378 e. The van der Waals surface area contributed by atoms with Crippen molar-refractivity contribution in [3.8, 4) is 0 Å². The van der Waals surface area contributed by atoms with Crippen LogP contribution in [0.4, 0.5) is 0 Å². The van der Waals surface area contributed by atoms with Gasteiger partial charge in [-0.25, -0.2) is 0 Å². The van der Waals surface area contributed by atoms with Crippen LogP contribution in [0.3, 0.4) is 0 Å². The van der Waals surface area contributed by atoms with Gasteiger partial charge >= 0.3 is 0 Å². The highest BCUT2D eigenvalue weighted by Crippen LogP contribution is 2.34. The van der Waals surface area contributed by atoms with Crippen molar-refractivity contribution < 1.29 is 9.53 Å². The van der Waals surface area contributed by atoms with Gasteiger partial charge in [-0.15, -0.1) is 0 Å². The smallest absolute Gasteiger partial charge is 0.167 e. The van der Waals surface area contributed by atoms with E-state index in [4.69, 9.17) is 4.74 Å². The number of carbonyl (C=O) groups is 1. The molecule has 2 unspecified atom stereocenters. The normalized spacial score (nSPS) is 24.9. The van der Waals surface area contributed by atoms with Crippen molar-refractivity contribution in [2.45, 2.75) is 31.5 Å². The molecule has 2 saturated heterocycles. The lowest BCUT2D eigenvalue weighted by molar-refractivity contribution is -0.0872. The summed E-state index contributed by atoms with van der Waals surface area (Å²) >= 11 is 0. The molecule has 4 nitrogen and oxygen atoms in total. The summed E-state index contributed by atoms with van der Waals surface area (Å²) in [5, 5.41) is 1.03. The summed E-state index contributed by atoms with van der Waals surface area (Å²) in [5.41, 5.74) is 2.99. The number of carbonyl (C=O) groups excluding carboxylic acids is 1. The molecule has 28 heavy (non-hydrogen) atoms. The molecule has 2 fully saturated rings. The minimum atomic E-state index is 0.0499. The number of pyridine rings is 1. The van der Waals surface area contributed by atoms with Crippen molar-refractivity contribution in [3.05, 3.63) is 78.0 Å². The Hall–Kier alpha value is -2.56. The Kier molecular flexibility index (Phi) is 4.67. The molecule has 0 spiro atoms. The van der Waals surface area contributed by atoms with E-state index in [1.807, 2.05) is 30.3 Å². The third kappa shape index (κ3) is 3.34. The van der Waals surface area contributed by atoms with Crippen molar-refractivity contribution in [3.63, 3.8) is 0 Å². The topological polar surface area (TPSA) is 42.4 Å². The number of rotatable bonds is 4. The molecule has 2 bridgehead atoms. The van der Waals surface area contributed by atoms with Gasteiger partial charge in [-0.05, 0) is 30.5 Å². The van der Waals surface area contributed by atoms with Crippen LogP contribution in [0.1, 0.15) is 28.8 Å². The number of aromatic nitrogens is 1. The lowest BCUT2D eigenvalue weighted by atomic mass is 9.80. The molecule has 142 valence electrons. The van der Waals surface area contributed by atoms with E-state index in [9.17, 15) is 4.79 Å². The Morgan fingerprint density at radius 3 is 2.50 bits per heavy atom. The second-order valence-electron chi connectivity index (χ2n) is 7.95. The van der Waals surface area contributed by atoms with Gasteiger partial charge in [-0.2, -0.15) is 0 Å². The van der Waals surface area contributed by atoms with Crippen LogP contribution >= 0.6 is 0 Å². The lowest BCUT2D eigenvalue weighted by Gasteiger charge is -2.48. The minimum Gasteiger partial charge on any atom is -0.378 e. The number of fused-ring (bicyclic) bond motifs is 3. The summed E-state index contributed by atoms with van der Waals surface area (Å²) in [6.07, 6.45) is 3.46. The lowest BCUT2D eigenvalue weighted by Crippen LogP contribution is -2.57. The van der Waals surface area contributed by atoms with Crippen LogP contribution in [0.2, 0.25) is 0 Å². The molecule has 3 aromatic rings. The second kappa shape index (κ2) is 7.46. The quantitative estimate of drug-likeness (QED) is 0.647. The van der Waals surface area contributed by atoms with E-state index in [1.165, 1.54) is 5.56 Å². The fourth-order valence-corrected chi connectivity index (χ4v) is 4.70. The van der Waals surface area contributed by atoms with Gasteiger partial charge in [0.1, 0.15) is 0 Å². The number of benzene rings is 2. The molecule has 0 saturated carbocycles. The van der Waals surface area contributed by atoms with Crippen LogP contribution in [0.5, 0.6) is 0 Å². The van der Waals surface area contributed by atoms with Crippen LogP contribution < -0.4 is 0 Å². The van der Waals surface area contributed by atoms with Crippen LogP contribution in [-0.2, 0) is 11.3 Å². The van der Waals surface area contributed by atoms with E-state index in [0.29, 0.717) is 25.3 Å². The number of piperidine rings is 1. The summed E-state index contributed by atoms with van der Waals surface area (Å²) in [6.45, 7) is 2.35. The zero-order valence-corrected chi connectivity index (χ0v) is 15.8. The van der Waals surface area contributed by atoms with Gasteiger partial charge in [0.25, 0.3) is 0 Å². The van der Waals surface area contributed by atoms with E-state index in [0.717, 1.165) is 35.9 Å². The summed E-state index contributed by atoms with van der Waals surface area (Å²) in [7, 11) is 0. The highest BCUT2D eigenvalue weighted by atomic mass is 16.5. The molecule has 3 heterocycles. The maximum Gasteiger partial charge on any atom is 0.167 e. The Balaban J connectivity index is 1.35. The van der Waals surface area contributed by atoms with Crippen LogP contribution in [0.15, 0.2) is 66.9 Å². The van der Waals surface area contributed by atoms with Crippen molar-refractivity contribution in [2.75, 3.05) is 13.2 Å². The molecule has 2 aliphatic rings. The predicted molar refractivity (Wildman–Crippen MR) is 109 cm³/mol. The molecule has 1 aromatic heterocycles. The summed E-state index contributed by atoms with van der Waals surface area (Å²) < 4.78 is 5.83. The van der Waals surface area contributed by atoms with Gasteiger partial charge in [-0.3, -0.25) is 14.7 Å². The fraction of sp³-hybridized carbons (Fsp3) is 0.333. The first-order chi connectivity index (χ1) is 13.8. The molecular weight excluding hydrogens is 348 g/mol. The molecule has 2 aromatic carbocycles. The maximum atomic E-state index is 13.2. The Labute approximate surface area is 165 Å². The first-order valence-corrected chi connectivity index (χ1v) is 10.0. The average molecular weight is 372 g/mol. The zero-order chi connectivity index (χ0) is 18.9. The van der Waals surface area contributed by atoms with Crippen molar-refractivity contribution in [2.24, 2.45) is 5.92 Å². The fourth-order valence-electron chi connectivity index (χ4n) is 4.70. The van der Waals surface area contributed by atoms with Gasteiger partial charge in [0.15, 0.2) is 5.78 Å². The molecule has 0 aliphatic carbocycles. The highest BCUT2D eigenvalue weighted by molar-refractivity contribution is 6.00. The summed E-state index contributed by atoms with van der Waals surface area (Å²) in [6, 6.07) is 21.1. The standard InChI is InChI=1S/C24H24N2O2/c27-24(20-10-18-8-4-5-9-23(18)25-13-20)19-11-21-15-28-16-22(12-19)26(21)14-17-6-2-1-3-7-17/h1-10,13,19,21-22H,11-12,14-16H2. The first-order valence-electron chi connectivity index (χ1n) is 10.0. The number of hydrogen-bond acceptors (Lipinski definition) is 4. The van der Waals surface area contributed by atoms with Gasteiger partial charge < -0.3 is 4.74 Å². The van der Waals surface area contributed by atoms with E-state index in [1.54, 1.807) is 6.20 Å². The average Bonchev–Trinajstić information content (AvgIpc) is 2.73. The van der Waals surface area contributed by atoms with Crippen molar-refractivity contribution in [1.82, 2.24) is 9.88 Å². The van der Waals surface area contributed by atoms with Crippen molar-refractivity contribution in [1.29, 1.82) is 0 Å². The summed E-state index contributed by atoms with van der Waals surface area (Å²) in [4.78, 5) is 20.3. The maximum absolute atomic E-state index is 13.2. The SMILES string of the molecule is O=C(c1cnc2ccccc2c1)C1CC2COCC(C1)N2Cc1ccccc1. The predicted octanol–water partition coefficient (Wildman–Crippen LogP) is 4.10. The third-order valence-corrected chi connectivity index (χ3v) is 6.13. The van der Waals surface area contributed by atoms with Gasteiger partial charge in [0.05, 0.1) is 18.7 Å². The third-order valence-electron chi connectivity index (χ3n) is 6.13.